The summed E-state index contributed by atoms with van der Waals surface area (Å²) < 4.78 is 0. The third-order valence-electron chi connectivity index (χ3n) is 3.65. The average Bonchev–Trinajstić information content (AvgIpc) is 2.62. The van der Waals surface area contributed by atoms with E-state index in [9.17, 15) is 9.59 Å². The van der Waals surface area contributed by atoms with Gasteiger partial charge in [-0.05, 0) is 19.8 Å². The molecule has 1 atom stereocenters. The fourth-order valence-corrected chi connectivity index (χ4v) is 2.06. The standard InChI is InChI=1S/C13H21N3O2/c1-4-13(3,10-14)12(18)16-7-5-6-15(8-9-16)11(2)17/h4-9H2,1-3H3. The van der Waals surface area contributed by atoms with E-state index < -0.39 is 5.41 Å². The van der Waals surface area contributed by atoms with Gasteiger partial charge in [-0.25, -0.2) is 0 Å². The van der Waals surface area contributed by atoms with Gasteiger partial charge in [0.1, 0.15) is 5.41 Å². The van der Waals surface area contributed by atoms with Crippen molar-refractivity contribution in [3.8, 4) is 6.07 Å². The van der Waals surface area contributed by atoms with Crippen molar-refractivity contribution in [1.82, 2.24) is 9.80 Å². The van der Waals surface area contributed by atoms with Gasteiger partial charge in [-0.1, -0.05) is 6.92 Å². The topological polar surface area (TPSA) is 64.4 Å². The Hall–Kier alpha value is -1.57. The summed E-state index contributed by atoms with van der Waals surface area (Å²) in [5.41, 5.74) is -0.939. The molecular weight excluding hydrogens is 230 g/mol. The van der Waals surface area contributed by atoms with Crippen molar-refractivity contribution in [2.45, 2.75) is 33.6 Å². The van der Waals surface area contributed by atoms with Crippen molar-refractivity contribution in [2.75, 3.05) is 26.2 Å². The summed E-state index contributed by atoms with van der Waals surface area (Å²) >= 11 is 0. The van der Waals surface area contributed by atoms with Crippen molar-refractivity contribution < 1.29 is 9.59 Å². The van der Waals surface area contributed by atoms with Crippen molar-refractivity contribution in [3.05, 3.63) is 0 Å². The van der Waals surface area contributed by atoms with E-state index in [1.54, 1.807) is 23.6 Å². The van der Waals surface area contributed by atoms with Gasteiger partial charge in [0, 0.05) is 33.1 Å². The number of nitriles is 1. The van der Waals surface area contributed by atoms with Crippen molar-refractivity contribution in [3.63, 3.8) is 0 Å². The maximum Gasteiger partial charge on any atom is 0.242 e. The van der Waals surface area contributed by atoms with E-state index in [1.165, 1.54) is 0 Å². The zero-order chi connectivity index (χ0) is 13.8. The molecule has 0 bridgehead atoms. The third kappa shape index (κ3) is 3.00. The zero-order valence-corrected chi connectivity index (χ0v) is 11.4. The van der Waals surface area contributed by atoms with Crippen LogP contribution in [0.25, 0.3) is 0 Å². The summed E-state index contributed by atoms with van der Waals surface area (Å²) in [7, 11) is 0. The minimum atomic E-state index is -0.939. The van der Waals surface area contributed by atoms with Crippen LogP contribution in [0.4, 0.5) is 0 Å². The second-order valence-corrected chi connectivity index (χ2v) is 4.95. The number of hydrogen-bond donors (Lipinski definition) is 0. The molecule has 0 aliphatic carbocycles. The summed E-state index contributed by atoms with van der Waals surface area (Å²) in [5.74, 6) is -0.0688. The molecular formula is C13H21N3O2. The molecule has 1 saturated heterocycles. The Morgan fingerprint density at radius 1 is 1.22 bits per heavy atom. The molecule has 1 aliphatic rings. The van der Waals surface area contributed by atoms with Gasteiger partial charge in [0.2, 0.25) is 11.8 Å². The van der Waals surface area contributed by atoms with Crippen LogP contribution in [0.1, 0.15) is 33.6 Å². The maximum atomic E-state index is 12.3. The van der Waals surface area contributed by atoms with E-state index in [0.29, 0.717) is 32.6 Å². The summed E-state index contributed by atoms with van der Waals surface area (Å²) in [5, 5.41) is 9.13. The van der Waals surface area contributed by atoms with Gasteiger partial charge < -0.3 is 9.80 Å². The first-order valence-corrected chi connectivity index (χ1v) is 6.40. The fourth-order valence-electron chi connectivity index (χ4n) is 2.06. The lowest BCUT2D eigenvalue weighted by molar-refractivity contribution is -0.138. The zero-order valence-electron chi connectivity index (χ0n) is 11.4. The number of amides is 2. The molecule has 0 radical (unpaired) electrons. The molecule has 0 spiro atoms. The quantitative estimate of drug-likeness (QED) is 0.735. The predicted molar refractivity (Wildman–Crippen MR) is 67.5 cm³/mol. The molecule has 1 fully saturated rings. The molecule has 5 heteroatoms. The van der Waals surface area contributed by atoms with Crippen molar-refractivity contribution in [2.24, 2.45) is 5.41 Å². The van der Waals surface area contributed by atoms with Crippen molar-refractivity contribution >= 4 is 11.8 Å². The Balaban J connectivity index is 2.72. The molecule has 0 N–H and O–H groups in total. The van der Waals surface area contributed by atoms with Gasteiger partial charge in [0.25, 0.3) is 0 Å². The van der Waals surface area contributed by atoms with E-state index in [1.807, 2.05) is 6.92 Å². The van der Waals surface area contributed by atoms with Crippen LogP contribution >= 0.6 is 0 Å². The van der Waals surface area contributed by atoms with Crippen LogP contribution in [-0.4, -0.2) is 47.8 Å². The normalized spacial score (nSPS) is 19.7. The first kappa shape index (κ1) is 14.5. The highest BCUT2D eigenvalue weighted by molar-refractivity contribution is 5.85. The molecule has 1 aliphatic heterocycles. The Labute approximate surface area is 108 Å². The third-order valence-corrected chi connectivity index (χ3v) is 3.65. The summed E-state index contributed by atoms with van der Waals surface area (Å²) in [6.45, 7) is 7.48. The Bertz CT molecular complexity index is 375. The molecule has 0 saturated carbocycles. The molecule has 0 aromatic rings. The number of carbonyl (C=O) groups excluding carboxylic acids is 2. The molecule has 5 nitrogen and oxygen atoms in total. The molecule has 0 aromatic carbocycles. The van der Waals surface area contributed by atoms with Gasteiger partial charge in [0.15, 0.2) is 0 Å². The van der Waals surface area contributed by atoms with Gasteiger partial charge in [-0.15, -0.1) is 0 Å². The van der Waals surface area contributed by atoms with Crippen LogP contribution in [0.15, 0.2) is 0 Å². The lowest BCUT2D eigenvalue weighted by atomic mass is 9.87. The summed E-state index contributed by atoms with van der Waals surface area (Å²) in [6, 6.07) is 2.11. The fraction of sp³-hybridized carbons (Fsp3) is 0.769. The highest BCUT2D eigenvalue weighted by Gasteiger charge is 2.35. The molecule has 0 aromatic heterocycles. The van der Waals surface area contributed by atoms with E-state index in [-0.39, 0.29) is 11.8 Å². The Morgan fingerprint density at radius 2 is 1.78 bits per heavy atom. The second kappa shape index (κ2) is 5.85. The van der Waals surface area contributed by atoms with Gasteiger partial charge in [0.05, 0.1) is 6.07 Å². The molecule has 1 rings (SSSR count). The first-order chi connectivity index (χ1) is 8.44. The smallest absolute Gasteiger partial charge is 0.242 e. The SMILES string of the molecule is CCC(C)(C#N)C(=O)N1CCCN(C(C)=O)CC1. The van der Waals surface area contributed by atoms with E-state index in [4.69, 9.17) is 5.26 Å². The monoisotopic (exact) mass is 251 g/mol. The number of carbonyl (C=O) groups is 2. The maximum absolute atomic E-state index is 12.3. The Morgan fingerprint density at radius 3 is 2.28 bits per heavy atom. The lowest BCUT2D eigenvalue weighted by Gasteiger charge is -2.28. The molecule has 2 amide bonds. The lowest BCUT2D eigenvalue weighted by Crippen LogP contribution is -2.43. The average molecular weight is 251 g/mol. The van der Waals surface area contributed by atoms with Gasteiger partial charge in [-0.3, -0.25) is 9.59 Å². The van der Waals surface area contributed by atoms with E-state index in [2.05, 4.69) is 6.07 Å². The number of hydrogen-bond acceptors (Lipinski definition) is 3. The molecule has 100 valence electrons. The molecule has 1 heterocycles. The van der Waals surface area contributed by atoms with Crippen LogP contribution < -0.4 is 0 Å². The molecule has 1 unspecified atom stereocenters. The minimum absolute atomic E-state index is 0.0443. The second-order valence-electron chi connectivity index (χ2n) is 4.95. The van der Waals surface area contributed by atoms with E-state index >= 15 is 0 Å². The van der Waals surface area contributed by atoms with Crippen LogP contribution in [0.2, 0.25) is 0 Å². The van der Waals surface area contributed by atoms with Gasteiger partial charge in [-0.2, -0.15) is 5.26 Å². The van der Waals surface area contributed by atoms with Crippen molar-refractivity contribution in [1.29, 1.82) is 5.26 Å². The van der Waals surface area contributed by atoms with Gasteiger partial charge >= 0.3 is 0 Å². The summed E-state index contributed by atoms with van der Waals surface area (Å²) in [4.78, 5) is 27.1. The number of nitrogens with zero attached hydrogens (tertiary/aromatic N) is 3. The summed E-state index contributed by atoms with van der Waals surface area (Å²) in [6.07, 6.45) is 1.28. The highest BCUT2D eigenvalue weighted by atomic mass is 16.2. The first-order valence-electron chi connectivity index (χ1n) is 6.40. The van der Waals surface area contributed by atoms with Crippen LogP contribution in [-0.2, 0) is 9.59 Å². The van der Waals surface area contributed by atoms with Crippen LogP contribution in [0.3, 0.4) is 0 Å². The number of rotatable bonds is 2. The predicted octanol–water partition coefficient (Wildman–Crippen LogP) is 1.01. The highest BCUT2D eigenvalue weighted by Crippen LogP contribution is 2.23. The minimum Gasteiger partial charge on any atom is -0.341 e. The molecule has 18 heavy (non-hydrogen) atoms. The largest absolute Gasteiger partial charge is 0.341 e. The van der Waals surface area contributed by atoms with E-state index in [0.717, 1.165) is 6.42 Å². The van der Waals surface area contributed by atoms with Crippen LogP contribution in [0.5, 0.6) is 0 Å². The van der Waals surface area contributed by atoms with Crippen LogP contribution in [0, 0.1) is 16.7 Å². The Kier molecular flexibility index (Phi) is 4.71.